The molecule has 0 unspecified atom stereocenters. The Labute approximate surface area is 76.2 Å². The molecule has 0 aliphatic heterocycles. The zero-order valence-corrected chi connectivity index (χ0v) is 7.40. The second-order valence-corrected chi connectivity index (χ2v) is 2.87. The molecule has 4 nitrogen and oxygen atoms in total. The Balaban J connectivity index is 2.45. The van der Waals surface area contributed by atoms with Crippen molar-refractivity contribution in [3.8, 4) is 0 Å². The molecule has 4 heteroatoms. The fraction of sp³-hybridized carbons (Fsp3) is 0.556. The fourth-order valence-electron chi connectivity index (χ4n) is 1.24. The zero-order valence-electron chi connectivity index (χ0n) is 7.40. The number of ketones is 1. The third-order valence-corrected chi connectivity index (χ3v) is 1.93. The second-order valence-electron chi connectivity index (χ2n) is 2.87. The first-order valence-corrected chi connectivity index (χ1v) is 4.21. The molecule has 0 saturated heterocycles. The van der Waals surface area contributed by atoms with Crippen molar-refractivity contribution in [1.82, 2.24) is 0 Å². The first-order chi connectivity index (χ1) is 6.15. The van der Waals surface area contributed by atoms with Crippen LogP contribution in [0.1, 0.15) is 13.3 Å². The van der Waals surface area contributed by atoms with Crippen LogP contribution in [0.4, 0.5) is 0 Å². The Morgan fingerprint density at radius 1 is 1.69 bits per heavy atom. The topological polar surface area (TPSA) is 63.6 Å². The molecule has 1 aliphatic rings. The Kier molecular flexibility index (Phi) is 3.19. The van der Waals surface area contributed by atoms with Crippen molar-refractivity contribution in [2.45, 2.75) is 19.4 Å². The number of hydrogen-bond acceptors (Lipinski definition) is 4. The lowest BCUT2D eigenvalue weighted by molar-refractivity contribution is -0.146. The zero-order chi connectivity index (χ0) is 9.84. The summed E-state index contributed by atoms with van der Waals surface area (Å²) in [6.45, 7) is 1.99. The normalized spacial score (nSPS) is 26.5. The van der Waals surface area contributed by atoms with Crippen LogP contribution in [0.3, 0.4) is 0 Å². The van der Waals surface area contributed by atoms with E-state index in [2.05, 4.69) is 4.74 Å². The number of carbonyl (C=O) groups excluding carboxylic acids is 2. The van der Waals surface area contributed by atoms with Gasteiger partial charge >= 0.3 is 5.97 Å². The van der Waals surface area contributed by atoms with E-state index in [9.17, 15) is 14.7 Å². The van der Waals surface area contributed by atoms with Crippen LogP contribution in [0, 0.1) is 5.92 Å². The van der Waals surface area contributed by atoms with Gasteiger partial charge in [-0.25, -0.2) is 0 Å². The summed E-state index contributed by atoms with van der Waals surface area (Å²) in [4.78, 5) is 22.0. The van der Waals surface area contributed by atoms with Gasteiger partial charge in [0.1, 0.15) is 0 Å². The summed E-state index contributed by atoms with van der Waals surface area (Å²) >= 11 is 0. The lowest BCUT2D eigenvalue weighted by atomic mass is 10.00. The average Bonchev–Trinajstić information content (AvgIpc) is 2.36. The van der Waals surface area contributed by atoms with Crippen molar-refractivity contribution in [3.63, 3.8) is 0 Å². The number of allylic oxidation sites excluding steroid dienone is 1. The minimum Gasteiger partial charge on any atom is -0.466 e. The number of carbonyl (C=O) groups is 2. The van der Waals surface area contributed by atoms with Gasteiger partial charge in [0.15, 0.2) is 5.78 Å². The monoisotopic (exact) mass is 184 g/mol. The first kappa shape index (κ1) is 9.92. The second kappa shape index (κ2) is 4.18. The SMILES string of the molecule is CCOC(=O)C[C@H]1C(=O)C=C[C@H]1O. The van der Waals surface area contributed by atoms with Gasteiger partial charge in [0, 0.05) is 0 Å². The van der Waals surface area contributed by atoms with Crippen molar-refractivity contribution in [2.24, 2.45) is 5.92 Å². The molecule has 13 heavy (non-hydrogen) atoms. The summed E-state index contributed by atoms with van der Waals surface area (Å²) in [7, 11) is 0. The van der Waals surface area contributed by atoms with E-state index in [0.29, 0.717) is 6.61 Å². The van der Waals surface area contributed by atoms with Crippen LogP contribution >= 0.6 is 0 Å². The molecule has 72 valence electrons. The van der Waals surface area contributed by atoms with Crippen LogP contribution in [0.2, 0.25) is 0 Å². The standard InChI is InChI=1S/C9H12O4/c1-2-13-9(12)5-6-7(10)3-4-8(6)11/h3-4,6-7,10H,2,5H2,1H3/t6-,7-/m1/s1. The summed E-state index contributed by atoms with van der Waals surface area (Å²) < 4.78 is 4.67. The van der Waals surface area contributed by atoms with Crippen LogP contribution in [0.15, 0.2) is 12.2 Å². The third kappa shape index (κ3) is 2.39. The Morgan fingerprint density at radius 2 is 2.38 bits per heavy atom. The summed E-state index contributed by atoms with van der Waals surface area (Å²) in [5.74, 6) is -1.29. The molecule has 1 N–H and O–H groups in total. The summed E-state index contributed by atoms with van der Waals surface area (Å²) in [6, 6.07) is 0. The van der Waals surface area contributed by atoms with Crippen LogP contribution in [0.5, 0.6) is 0 Å². The van der Waals surface area contributed by atoms with Crippen LogP contribution in [-0.4, -0.2) is 29.6 Å². The molecule has 0 spiro atoms. The molecule has 0 aromatic rings. The first-order valence-electron chi connectivity index (χ1n) is 4.21. The quantitative estimate of drug-likeness (QED) is 0.630. The van der Waals surface area contributed by atoms with E-state index in [0.717, 1.165) is 0 Å². The van der Waals surface area contributed by atoms with E-state index in [1.807, 2.05) is 0 Å². The van der Waals surface area contributed by atoms with Crippen molar-refractivity contribution < 1.29 is 19.4 Å². The summed E-state index contributed by atoms with van der Waals surface area (Å²) in [6.07, 6.45) is 1.82. The van der Waals surface area contributed by atoms with Gasteiger partial charge < -0.3 is 9.84 Å². The van der Waals surface area contributed by atoms with E-state index in [1.165, 1.54) is 12.2 Å². The van der Waals surface area contributed by atoms with Gasteiger partial charge in [-0.1, -0.05) is 6.08 Å². The van der Waals surface area contributed by atoms with E-state index in [4.69, 9.17) is 0 Å². The largest absolute Gasteiger partial charge is 0.466 e. The van der Waals surface area contributed by atoms with Crippen LogP contribution in [0.25, 0.3) is 0 Å². The van der Waals surface area contributed by atoms with Gasteiger partial charge in [0.25, 0.3) is 0 Å². The molecule has 1 aliphatic carbocycles. The van der Waals surface area contributed by atoms with E-state index in [1.54, 1.807) is 6.92 Å². The molecule has 0 aromatic carbocycles. The molecule has 0 bridgehead atoms. The van der Waals surface area contributed by atoms with Gasteiger partial charge in [0.2, 0.25) is 0 Å². The minimum atomic E-state index is -0.836. The third-order valence-electron chi connectivity index (χ3n) is 1.93. The van der Waals surface area contributed by atoms with Crippen molar-refractivity contribution in [2.75, 3.05) is 6.61 Å². The maximum absolute atomic E-state index is 11.1. The number of ether oxygens (including phenoxy) is 1. The Morgan fingerprint density at radius 3 is 2.85 bits per heavy atom. The Bertz CT molecular complexity index is 244. The predicted molar refractivity (Wildman–Crippen MR) is 44.9 cm³/mol. The van der Waals surface area contributed by atoms with E-state index in [-0.39, 0.29) is 12.2 Å². The highest BCUT2D eigenvalue weighted by Crippen LogP contribution is 2.19. The molecule has 2 atom stereocenters. The fourth-order valence-corrected chi connectivity index (χ4v) is 1.24. The molecular weight excluding hydrogens is 172 g/mol. The predicted octanol–water partition coefficient (Wildman–Crippen LogP) is 0.0556. The maximum atomic E-state index is 11.1. The highest BCUT2D eigenvalue weighted by atomic mass is 16.5. The van der Waals surface area contributed by atoms with Crippen molar-refractivity contribution >= 4 is 11.8 Å². The molecule has 0 saturated carbocycles. The van der Waals surface area contributed by atoms with Gasteiger partial charge in [-0.05, 0) is 13.0 Å². The van der Waals surface area contributed by atoms with Gasteiger partial charge in [-0.3, -0.25) is 9.59 Å². The maximum Gasteiger partial charge on any atom is 0.306 e. The number of hydrogen-bond donors (Lipinski definition) is 1. The highest BCUT2D eigenvalue weighted by Gasteiger charge is 2.30. The number of esters is 1. The molecule has 0 radical (unpaired) electrons. The summed E-state index contributed by atoms with van der Waals surface area (Å²) in [5, 5.41) is 9.26. The number of aliphatic hydroxyl groups is 1. The molecule has 1 rings (SSSR count). The van der Waals surface area contributed by atoms with E-state index < -0.39 is 18.0 Å². The van der Waals surface area contributed by atoms with E-state index >= 15 is 0 Å². The molecule has 0 heterocycles. The average molecular weight is 184 g/mol. The molecular formula is C9H12O4. The van der Waals surface area contributed by atoms with Crippen molar-refractivity contribution in [1.29, 1.82) is 0 Å². The molecule has 0 amide bonds. The summed E-state index contributed by atoms with van der Waals surface area (Å²) in [5.41, 5.74) is 0. The lowest BCUT2D eigenvalue weighted by Crippen LogP contribution is -2.24. The van der Waals surface area contributed by atoms with Crippen molar-refractivity contribution in [3.05, 3.63) is 12.2 Å². The Hall–Kier alpha value is -1.16. The highest BCUT2D eigenvalue weighted by molar-refractivity contribution is 5.97. The molecule has 0 aromatic heterocycles. The van der Waals surface area contributed by atoms with Crippen LogP contribution < -0.4 is 0 Å². The van der Waals surface area contributed by atoms with Gasteiger partial charge in [-0.15, -0.1) is 0 Å². The minimum absolute atomic E-state index is 0.0408. The van der Waals surface area contributed by atoms with Crippen LogP contribution in [-0.2, 0) is 14.3 Å². The van der Waals surface area contributed by atoms with Gasteiger partial charge in [0.05, 0.1) is 25.0 Å². The molecule has 0 fully saturated rings. The lowest BCUT2D eigenvalue weighted by Gasteiger charge is -2.11. The van der Waals surface area contributed by atoms with Gasteiger partial charge in [-0.2, -0.15) is 0 Å². The smallest absolute Gasteiger partial charge is 0.306 e. The number of aliphatic hydroxyl groups excluding tert-OH is 1. The number of rotatable bonds is 3.